The van der Waals surface area contributed by atoms with Crippen LogP contribution in [0.4, 0.5) is 0 Å². The predicted octanol–water partition coefficient (Wildman–Crippen LogP) is 0.843. The van der Waals surface area contributed by atoms with Crippen molar-refractivity contribution in [3.8, 4) is 0 Å². The maximum Gasteiger partial charge on any atom is 0.235 e. The van der Waals surface area contributed by atoms with Crippen molar-refractivity contribution in [2.45, 2.75) is 19.4 Å². The van der Waals surface area contributed by atoms with E-state index in [4.69, 9.17) is 4.74 Å². The van der Waals surface area contributed by atoms with Crippen molar-refractivity contribution in [1.29, 1.82) is 0 Å². The molecular weight excluding hydrogens is 268 g/mol. The number of nitrogens with zero attached hydrogens (tertiary/aromatic N) is 3. The molecule has 0 aromatic rings. The van der Waals surface area contributed by atoms with Crippen LogP contribution in [-0.4, -0.2) is 60.7 Å². The van der Waals surface area contributed by atoms with Crippen molar-refractivity contribution in [3.63, 3.8) is 0 Å². The summed E-state index contributed by atoms with van der Waals surface area (Å²) >= 11 is 1.25. The summed E-state index contributed by atoms with van der Waals surface area (Å²) in [6.45, 7) is 5.50. The van der Waals surface area contributed by atoms with Gasteiger partial charge in [-0.25, -0.2) is 10.1 Å². The second kappa shape index (κ2) is 8.34. The molecule has 0 radical (unpaired) electrons. The Kier molecular flexibility index (Phi) is 7.11. The first-order valence-electron chi connectivity index (χ1n) is 6.31. The van der Waals surface area contributed by atoms with Gasteiger partial charge in [0.05, 0.1) is 11.7 Å². The molecule has 2 unspecified atom stereocenters. The lowest BCUT2D eigenvalue weighted by Gasteiger charge is -2.24. The molecule has 2 atom stereocenters. The lowest BCUT2D eigenvalue weighted by Crippen LogP contribution is -2.41. The van der Waals surface area contributed by atoms with E-state index in [-0.39, 0.29) is 6.04 Å². The smallest absolute Gasteiger partial charge is 0.235 e. The van der Waals surface area contributed by atoms with Crippen LogP contribution in [0.1, 0.15) is 13.3 Å². The zero-order valence-electron chi connectivity index (χ0n) is 11.7. The molecule has 0 saturated carbocycles. The van der Waals surface area contributed by atoms with E-state index in [0.717, 1.165) is 32.7 Å². The van der Waals surface area contributed by atoms with Gasteiger partial charge in [-0.3, -0.25) is 0 Å². The number of hydrogen-bond donors (Lipinski definition) is 1. The largest absolute Gasteiger partial charge is 0.381 e. The summed E-state index contributed by atoms with van der Waals surface area (Å²) in [7, 11) is 2.06. The van der Waals surface area contributed by atoms with Gasteiger partial charge in [0, 0.05) is 25.7 Å². The maximum absolute atomic E-state index is 10.3. The van der Waals surface area contributed by atoms with Crippen LogP contribution in [0.5, 0.6) is 0 Å². The van der Waals surface area contributed by atoms with Gasteiger partial charge < -0.3 is 15.0 Å². The fourth-order valence-electron chi connectivity index (χ4n) is 2.17. The number of thioether (sulfide) groups is 1. The lowest BCUT2D eigenvalue weighted by molar-refractivity contribution is -0.484. The second-order valence-corrected chi connectivity index (χ2v) is 5.64. The van der Waals surface area contributed by atoms with Crippen molar-refractivity contribution in [2.75, 3.05) is 39.6 Å². The van der Waals surface area contributed by atoms with E-state index in [9.17, 15) is 10.1 Å². The summed E-state index contributed by atoms with van der Waals surface area (Å²) < 4.78 is 5.35. The van der Waals surface area contributed by atoms with Crippen molar-refractivity contribution >= 4 is 16.9 Å². The molecule has 0 amide bonds. The molecule has 1 fully saturated rings. The van der Waals surface area contributed by atoms with E-state index in [1.54, 1.807) is 6.26 Å². The summed E-state index contributed by atoms with van der Waals surface area (Å²) in [6, 6.07) is 0.110. The van der Waals surface area contributed by atoms with Crippen LogP contribution in [0.15, 0.2) is 5.10 Å². The second-order valence-electron chi connectivity index (χ2n) is 4.84. The minimum absolute atomic E-state index is 0.110. The van der Waals surface area contributed by atoms with Crippen LogP contribution >= 0.6 is 11.8 Å². The standard InChI is InChI=1S/C11H22N4O3S/c1-9(12-11(19-3)13-15(16)17)6-14(2)7-10-4-5-18-8-10/h9-10H,4-8H2,1-3H3,(H,12,13). The number of rotatable bonds is 6. The quantitative estimate of drug-likeness (QED) is 0.338. The molecule has 1 aliphatic rings. The number of hydrazone groups is 1. The molecule has 19 heavy (non-hydrogen) atoms. The minimum atomic E-state index is -0.675. The molecule has 8 heteroatoms. The van der Waals surface area contributed by atoms with E-state index in [0.29, 0.717) is 11.1 Å². The van der Waals surface area contributed by atoms with Gasteiger partial charge in [0.25, 0.3) is 0 Å². The molecule has 110 valence electrons. The Hall–Kier alpha value is -0.860. The van der Waals surface area contributed by atoms with Crippen LogP contribution in [0.25, 0.3) is 0 Å². The molecule has 1 aliphatic heterocycles. The Morgan fingerprint density at radius 3 is 3.00 bits per heavy atom. The van der Waals surface area contributed by atoms with E-state index in [1.807, 2.05) is 6.92 Å². The fourth-order valence-corrected chi connectivity index (χ4v) is 2.64. The van der Waals surface area contributed by atoms with Crippen LogP contribution in [0.2, 0.25) is 0 Å². The SMILES string of the molecule is CSC(=N[N+](=O)[O-])NC(C)CN(C)CC1CCOC1. The summed E-state index contributed by atoms with van der Waals surface area (Å²) in [5.41, 5.74) is 0. The molecule has 0 aromatic heterocycles. The van der Waals surface area contributed by atoms with Crippen LogP contribution in [0, 0.1) is 16.0 Å². The first-order valence-corrected chi connectivity index (χ1v) is 7.53. The van der Waals surface area contributed by atoms with Crippen LogP contribution in [0.3, 0.4) is 0 Å². The predicted molar refractivity (Wildman–Crippen MR) is 77.0 cm³/mol. The van der Waals surface area contributed by atoms with Gasteiger partial charge in [0.1, 0.15) is 0 Å². The summed E-state index contributed by atoms with van der Waals surface area (Å²) in [6.07, 6.45) is 2.88. The number of amidine groups is 1. The molecule has 0 aromatic carbocycles. The van der Waals surface area contributed by atoms with Gasteiger partial charge in [0.15, 0.2) is 5.03 Å². The highest BCUT2D eigenvalue weighted by atomic mass is 32.2. The van der Waals surface area contributed by atoms with Crippen LogP contribution < -0.4 is 5.32 Å². The van der Waals surface area contributed by atoms with E-state index < -0.39 is 5.03 Å². The lowest BCUT2D eigenvalue weighted by atomic mass is 10.1. The number of nitro groups is 1. The van der Waals surface area contributed by atoms with Gasteiger partial charge in [-0.15, -0.1) is 0 Å². The van der Waals surface area contributed by atoms with E-state index in [2.05, 4.69) is 22.4 Å². The number of likely N-dealkylation sites (N-methyl/N-ethyl adjacent to an activating group) is 1. The van der Waals surface area contributed by atoms with Gasteiger partial charge in [-0.2, -0.15) is 0 Å². The van der Waals surface area contributed by atoms with E-state index in [1.165, 1.54) is 11.8 Å². The Bertz CT molecular complexity index is 321. The molecule has 7 nitrogen and oxygen atoms in total. The molecular formula is C11H22N4O3S. The third kappa shape index (κ3) is 6.74. The van der Waals surface area contributed by atoms with Crippen molar-refractivity contribution < 1.29 is 9.77 Å². The van der Waals surface area contributed by atoms with Gasteiger partial charge in [-0.1, -0.05) is 11.8 Å². The van der Waals surface area contributed by atoms with Gasteiger partial charge >= 0.3 is 0 Å². The van der Waals surface area contributed by atoms with Crippen molar-refractivity contribution in [3.05, 3.63) is 10.1 Å². The number of hydrogen-bond acceptors (Lipinski definition) is 5. The van der Waals surface area contributed by atoms with Gasteiger partial charge in [-0.05, 0) is 32.6 Å². The number of nitrogens with one attached hydrogen (secondary N) is 1. The molecule has 0 spiro atoms. The van der Waals surface area contributed by atoms with E-state index >= 15 is 0 Å². The Morgan fingerprint density at radius 1 is 1.74 bits per heavy atom. The molecule has 1 saturated heterocycles. The highest BCUT2D eigenvalue weighted by Crippen LogP contribution is 2.13. The molecule has 1 rings (SSSR count). The summed E-state index contributed by atoms with van der Waals surface area (Å²) in [5.74, 6) is 0.602. The average molecular weight is 290 g/mol. The third-order valence-corrected chi connectivity index (χ3v) is 3.50. The highest BCUT2D eigenvalue weighted by molar-refractivity contribution is 8.13. The number of ether oxygens (including phenoxy) is 1. The Balaban J connectivity index is 2.32. The fraction of sp³-hybridized carbons (Fsp3) is 0.909. The Morgan fingerprint density at radius 2 is 2.47 bits per heavy atom. The zero-order chi connectivity index (χ0) is 14.3. The van der Waals surface area contributed by atoms with Crippen molar-refractivity contribution in [2.24, 2.45) is 11.0 Å². The summed E-state index contributed by atoms with van der Waals surface area (Å²) in [5, 5.41) is 16.4. The van der Waals surface area contributed by atoms with Crippen molar-refractivity contribution in [1.82, 2.24) is 10.2 Å². The first-order chi connectivity index (χ1) is 9.01. The molecule has 1 N–H and O–H groups in total. The first kappa shape index (κ1) is 16.2. The molecule has 0 bridgehead atoms. The zero-order valence-corrected chi connectivity index (χ0v) is 12.5. The monoisotopic (exact) mass is 290 g/mol. The summed E-state index contributed by atoms with van der Waals surface area (Å²) in [4.78, 5) is 12.6. The molecule has 0 aliphatic carbocycles. The molecule has 1 heterocycles. The average Bonchev–Trinajstić information content (AvgIpc) is 2.79. The maximum atomic E-state index is 10.3. The van der Waals surface area contributed by atoms with Crippen LogP contribution in [-0.2, 0) is 4.74 Å². The minimum Gasteiger partial charge on any atom is -0.381 e. The van der Waals surface area contributed by atoms with Gasteiger partial charge in [0.2, 0.25) is 5.17 Å². The highest BCUT2D eigenvalue weighted by Gasteiger charge is 2.18. The Labute approximate surface area is 117 Å². The third-order valence-electron chi connectivity index (χ3n) is 2.92. The topological polar surface area (TPSA) is 80.0 Å². The normalized spacial score (nSPS) is 21.7.